The van der Waals surface area contributed by atoms with Crippen molar-refractivity contribution >= 4 is 29.1 Å². The minimum absolute atomic E-state index is 0.0565. The number of hydrogen-bond acceptors (Lipinski definition) is 4. The molecular formula is C16H21ClN2O4. The summed E-state index contributed by atoms with van der Waals surface area (Å²) in [6.07, 6.45) is 0.677. The molecule has 0 aliphatic carbocycles. The molecule has 0 unspecified atom stereocenters. The number of anilines is 1. The van der Waals surface area contributed by atoms with Gasteiger partial charge in [-0.2, -0.15) is 0 Å². The fraction of sp³-hybridized carbons (Fsp3) is 0.500. The minimum atomic E-state index is -0.579. The van der Waals surface area contributed by atoms with Crippen molar-refractivity contribution in [3.63, 3.8) is 0 Å². The van der Waals surface area contributed by atoms with Gasteiger partial charge in [0.1, 0.15) is 12.3 Å². The monoisotopic (exact) mass is 340 g/mol. The Morgan fingerprint density at radius 2 is 2.26 bits per heavy atom. The number of methoxy groups -OCH3 is 1. The van der Waals surface area contributed by atoms with E-state index in [4.69, 9.17) is 21.1 Å². The fourth-order valence-electron chi connectivity index (χ4n) is 2.36. The van der Waals surface area contributed by atoms with E-state index >= 15 is 0 Å². The molecule has 0 radical (unpaired) electrons. The Hall–Kier alpha value is -1.79. The fourth-order valence-corrected chi connectivity index (χ4v) is 2.53. The summed E-state index contributed by atoms with van der Waals surface area (Å²) in [5.41, 5.74) is 0.527. The number of amides is 2. The van der Waals surface area contributed by atoms with E-state index < -0.39 is 6.10 Å². The summed E-state index contributed by atoms with van der Waals surface area (Å²) in [5, 5.41) is 3.26. The van der Waals surface area contributed by atoms with Crippen molar-refractivity contribution in [3.05, 3.63) is 23.2 Å². The van der Waals surface area contributed by atoms with Crippen LogP contribution in [-0.4, -0.2) is 44.7 Å². The zero-order valence-corrected chi connectivity index (χ0v) is 14.1. The van der Waals surface area contributed by atoms with Crippen LogP contribution in [0, 0.1) is 0 Å². The molecular weight excluding hydrogens is 320 g/mol. The number of nitrogens with one attached hydrogen (secondary N) is 1. The number of rotatable bonds is 7. The molecule has 1 aromatic rings. The first-order valence-electron chi connectivity index (χ1n) is 7.60. The molecule has 23 heavy (non-hydrogen) atoms. The lowest BCUT2D eigenvalue weighted by Gasteiger charge is -2.33. The number of hydrogen-bond donors (Lipinski definition) is 1. The second-order valence-corrected chi connectivity index (χ2v) is 5.68. The van der Waals surface area contributed by atoms with Gasteiger partial charge in [-0.3, -0.25) is 14.5 Å². The molecule has 0 saturated carbocycles. The van der Waals surface area contributed by atoms with Gasteiger partial charge in [0.15, 0.2) is 6.10 Å². The molecule has 7 heteroatoms. The van der Waals surface area contributed by atoms with Gasteiger partial charge in [-0.1, -0.05) is 18.5 Å². The molecule has 1 aliphatic rings. The Kier molecular flexibility index (Phi) is 6.24. The van der Waals surface area contributed by atoms with E-state index in [-0.39, 0.29) is 18.4 Å². The maximum Gasteiger partial charge on any atom is 0.268 e. The van der Waals surface area contributed by atoms with Gasteiger partial charge >= 0.3 is 0 Å². The maximum absolute atomic E-state index is 12.5. The van der Waals surface area contributed by atoms with Crippen LogP contribution < -0.4 is 15.0 Å². The largest absolute Gasteiger partial charge is 0.478 e. The van der Waals surface area contributed by atoms with E-state index in [2.05, 4.69) is 5.32 Å². The van der Waals surface area contributed by atoms with Crippen LogP contribution in [0.25, 0.3) is 0 Å². The molecule has 1 atom stereocenters. The molecule has 0 fully saturated rings. The third-order valence-corrected chi connectivity index (χ3v) is 3.78. The van der Waals surface area contributed by atoms with E-state index in [9.17, 15) is 9.59 Å². The normalized spacial score (nSPS) is 16.7. The van der Waals surface area contributed by atoms with Crippen LogP contribution in [0.2, 0.25) is 5.02 Å². The topological polar surface area (TPSA) is 67.9 Å². The second kappa shape index (κ2) is 8.17. The number of carbonyl (C=O) groups excluding carboxylic acids is 2. The third kappa shape index (κ3) is 4.36. The predicted octanol–water partition coefficient (Wildman–Crippen LogP) is 2.00. The van der Waals surface area contributed by atoms with Crippen molar-refractivity contribution in [2.75, 3.05) is 31.7 Å². The van der Waals surface area contributed by atoms with Crippen molar-refractivity contribution in [1.29, 1.82) is 0 Å². The Morgan fingerprint density at radius 3 is 2.96 bits per heavy atom. The SMILES string of the molecule is CC[C@H]1Oc2ccc(Cl)cc2N(CC(=O)NCCCOC)C1=O. The Balaban J connectivity index is 2.11. The molecule has 1 aliphatic heterocycles. The Bertz CT molecular complexity index is 579. The molecule has 2 amide bonds. The number of nitrogens with zero attached hydrogens (tertiary/aromatic N) is 1. The maximum atomic E-state index is 12.5. The molecule has 126 valence electrons. The molecule has 6 nitrogen and oxygen atoms in total. The first kappa shape index (κ1) is 17.6. The number of fused-ring (bicyclic) bond motifs is 1. The van der Waals surface area contributed by atoms with Gasteiger partial charge in [0.25, 0.3) is 5.91 Å². The van der Waals surface area contributed by atoms with Crippen molar-refractivity contribution in [2.45, 2.75) is 25.9 Å². The quantitative estimate of drug-likeness (QED) is 0.771. The van der Waals surface area contributed by atoms with Crippen molar-refractivity contribution in [2.24, 2.45) is 0 Å². The summed E-state index contributed by atoms with van der Waals surface area (Å²) in [4.78, 5) is 26.0. The van der Waals surface area contributed by atoms with Crippen LogP contribution in [0.5, 0.6) is 5.75 Å². The van der Waals surface area contributed by atoms with Crippen molar-refractivity contribution in [1.82, 2.24) is 5.32 Å². The Labute approximate surface area is 140 Å². The van der Waals surface area contributed by atoms with Gasteiger partial charge in [0.05, 0.1) is 5.69 Å². The van der Waals surface area contributed by atoms with Crippen LogP contribution >= 0.6 is 11.6 Å². The standard InChI is InChI=1S/C16H21ClN2O4/c1-3-13-16(21)19(10-15(20)18-7-4-8-22-2)12-9-11(17)5-6-14(12)23-13/h5-6,9,13H,3-4,7-8,10H2,1-2H3,(H,18,20)/t13-/m1/s1. The minimum Gasteiger partial charge on any atom is -0.478 e. The lowest BCUT2D eigenvalue weighted by molar-refractivity contribution is -0.129. The number of benzene rings is 1. The first-order valence-corrected chi connectivity index (χ1v) is 7.97. The predicted molar refractivity (Wildman–Crippen MR) is 88.0 cm³/mol. The first-order chi connectivity index (χ1) is 11.1. The highest BCUT2D eigenvalue weighted by Crippen LogP contribution is 2.36. The van der Waals surface area contributed by atoms with Crippen LogP contribution in [0.15, 0.2) is 18.2 Å². The highest BCUT2D eigenvalue weighted by Gasteiger charge is 2.34. The Morgan fingerprint density at radius 1 is 1.48 bits per heavy atom. The smallest absolute Gasteiger partial charge is 0.268 e. The lowest BCUT2D eigenvalue weighted by atomic mass is 10.1. The summed E-state index contributed by atoms with van der Waals surface area (Å²) < 4.78 is 10.6. The highest BCUT2D eigenvalue weighted by molar-refractivity contribution is 6.31. The van der Waals surface area contributed by atoms with Gasteiger partial charge in [0.2, 0.25) is 5.91 Å². The summed E-state index contributed by atoms with van der Waals surface area (Å²) in [6, 6.07) is 5.06. The number of halogens is 1. The van der Waals surface area contributed by atoms with Crippen LogP contribution in [-0.2, 0) is 14.3 Å². The lowest BCUT2D eigenvalue weighted by Crippen LogP contribution is -2.49. The van der Waals surface area contributed by atoms with E-state index in [1.165, 1.54) is 4.90 Å². The van der Waals surface area contributed by atoms with Gasteiger partial charge < -0.3 is 14.8 Å². The average molecular weight is 341 g/mol. The molecule has 0 bridgehead atoms. The summed E-state index contributed by atoms with van der Waals surface area (Å²) in [5.74, 6) is 0.111. The van der Waals surface area contributed by atoms with E-state index in [1.807, 2.05) is 6.92 Å². The van der Waals surface area contributed by atoms with E-state index in [0.717, 1.165) is 6.42 Å². The molecule has 0 aromatic heterocycles. The molecule has 1 heterocycles. The average Bonchev–Trinajstić information content (AvgIpc) is 2.54. The summed E-state index contributed by atoms with van der Waals surface area (Å²) >= 11 is 6.01. The van der Waals surface area contributed by atoms with E-state index in [1.54, 1.807) is 25.3 Å². The summed E-state index contributed by atoms with van der Waals surface area (Å²) in [7, 11) is 1.61. The number of carbonyl (C=O) groups is 2. The molecule has 1 aromatic carbocycles. The van der Waals surface area contributed by atoms with Crippen LogP contribution in [0.1, 0.15) is 19.8 Å². The summed E-state index contributed by atoms with van der Waals surface area (Å²) in [6.45, 7) is 2.89. The van der Waals surface area contributed by atoms with Gasteiger partial charge in [-0.25, -0.2) is 0 Å². The molecule has 2 rings (SSSR count). The third-order valence-electron chi connectivity index (χ3n) is 3.54. The zero-order valence-electron chi connectivity index (χ0n) is 13.3. The van der Waals surface area contributed by atoms with Crippen molar-refractivity contribution < 1.29 is 19.1 Å². The van der Waals surface area contributed by atoms with Crippen LogP contribution in [0.3, 0.4) is 0 Å². The van der Waals surface area contributed by atoms with Gasteiger partial charge in [0, 0.05) is 25.3 Å². The van der Waals surface area contributed by atoms with Gasteiger partial charge in [-0.05, 0) is 31.0 Å². The molecule has 1 N–H and O–H groups in total. The molecule has 0 spiro atoms. The van der Waals surface area contributed by atoms with E-state index in [0.29, 0.717) is 36.0 Å². The second-order valence-electron chi connectivity index (χ2n) is 5.25. The van der Waals surface area contributed by atoms with Crippen LogP contribution in [0.4, 0.5) is 5.69 Å². The van der Waals surface area contributed by atoms with Gasteiger partial charge in [-0.15, -0.1) is 0 Å². The highest BCUT2D eigenvalue weighted by atomic mass is 35.5. The zero-order chi connectivity index (χ0) is 16.8. The van der Waals surface area contributed by atoms with Crippen molar-refractivity contribution in [3.8, 4) is 5.75 Å². The molecule has 0 saturated heterocycles. The number of ether oxygens (including phenoxy) is 2.